The van der Waals surface area contributed by atoms with Crippen LogP contribution in [0.5, 0.6) is 0 Å². The lowest BCUT2D eigenvalue weighted by Crippen LogP contribution is -2.11. The molecule has 0 aliphatic carbocycles. The Morgan fingerprint density at radius 1 is 1.04 bits per heavy atom. The number of nitrogens with one attached hydrogen (secondary N) is 1. The fraction of sp³-hybridized carbons (Fsp3) is 0.150. The molecule has 0 fully saturated rings. The number of rotatable bonds is 2. The van der Waals surface area contributed by atoms with E-state index >= 15 is 0 Å². The van der Waals surface area contributed by atoms with Crippen molar-refractivity contribution in [2.45, 2.75) is 20.0 Å². The molecular formula is C20H15F4NO. The van der Waals surface area contributed by atoms with Crippen molar-refractivity contribution < 1.29 is 17.6 Å². The normalized spacial score (nSPS) is 11.8. The molecule has 26 heavy (non-hydrogen) atoms. The second-order valence-electron chi connectivity index (χ2n) is 6.20. The number of benzene rings is 2. The van der Waals surface area contributed by atoms with Gasteiger partial charge in [0.05, 0.1) is 5.57 Å². The van der Waals surface area contributed by atoms with Gasteiger partial charge in [0, 0.05) is 28.2 Å². The molecule has 3 aromatic rings. The first-order valence-corrected chi connectivity index (χ1v) is 7.78. The van der Waals surface area contributed by atoms with Crippen molar-refractivity contribution in [2.24, 2.45) is 0 Å². The first-order valence-electron chi connectivity index (χ1n) is 7.78. The fourth-order valence-electron chi connectivity index (χ4n) is 2.95. The Balaban J connectivity index is 2.18. The minimum absolute atomic E-state index is 0.0176. The van der Waals surface area contributed by atoms with E-state index in [-0.39, 0.29) is 16.4 Å². The number of halogens is 4. The second kappa shape index (κ2) is 6.12. The maximum Gasteiger partial charge on any atom is 0.416 e. The molecule has 1 N–H and O–H groups in total. The van der Waals surface area contributed by atoms with Crippen LogP contribution in [0.25, 0.3) is 27.7 Å². The molecule has 0 aliphatic rings. The van der Waals surface area contributed by atoms with Crippen molar-refractivity contribution in [3.63, 3.8) is 0 Å². The molecule has 134 valence electrons. The number of pyridine rings is 1. The molecule has 6 heteroatoms. The van der Waals surface area contributed by atoms with Crippen molar-refractivity contribution in [1.29, 1.82) is 0 Å². The molecule has 0 radical (unpaired) electrons. The van der Waals surface area contributed by atoms with Crippen molar-refractivity contribution in [1.82, 2.24) is 4.98 Å². The summed E-state index contributed by atoms with van der Waals surface area (Å²) >= 11 is 0. The lowest BCUT2D eigenvalue weighted by molar-refractivity contribution is -0.0687. The summed E-state index contributed by atoms with van der Waals surface area (Å²) in [5.41, 5.74) is 1.21. The van der Waals surface area contributed by atoms with E-state index in [9.17, 15) is 22.4 Å². The molecule has 3 rings (SSSR count). The van der Waals surface area contributed by atoms with Crippen LogP contribution in [-0.2, 0) is 0 Å². The van der Waals surface area contributed by atoms with E-state index < -0.39 is 17.6 Å². The SMILES string of the molecule is C=C(c1cc(C)c(-c2cc(=O)c3cc(F)ccc3[nH]2)cc1C)C(F)(F)F. The summed E-state index contributed by atoms with van der Waals surface area (Å²) in [5, 5.41) is 0.213. The van der Waals surface area contributed by atoms with Gasteiger partial charge in [-0.2, -0.15) is 13.2 Å². The van der Waals surface area contributed by atoms with Gasteiger partial charge in [-0.1, -0.05) is 12.6 Å². The fourth-order valence-corrected chi connectivity index (χ4v) is 2.95. The Hall–Kier alpha value is -2.89. The maximum absolute atomic E-state index is 13.3. The number of fused-ring (bicyclic) bond motifs is 1. The van der Waals surface area contributed by atoms with Gasteiger partial charge in [-0.25, -0.2) is 4.39 Å². The monoisotopic (exact) mass is 361 g/mol. The Bertz CT molecular complexity index is 1090. The molecule has 1 aromatic heterocycles. The molecule has 2 aromatic carbocycles. The zero-order chi connectivity index (χ0) is 19.2. The van der Waals surface area contributed by atoms with E-state index in [1.807, 2.05) is 0 Å². The van der Waals surface area contributed by atoms with Gasteiger partial charge in [0.2, 0.25) is 0 Å². The number of aromatic amines is 1. The lowest BCUT2D eigenvalue weighted by Gasteiger charge is -2.16. The number of aromatic nitrogens is 1. The number of hydrogen-bond acceptors (Lipinski definition) is 1. The highest BCUT2D eigenvalue weighted by Crippen LogP contribution is 2.36. The van der Waals surface area contributed by atoms with Gasteiger partial charge in [0.15, 0.2) is 5.43 Å². The van der Waals surface area contributed by atoms with Gasteiger partial charge in [-0.05, 0) is 54.8 Å². The van der Waals surface area contributed by atoms with E-state index in [4.69, 9.17) is 0 Å². The van der Waals surface area contributed by atoms with Crippen LogP contribution in [0.15, 0.2) is 47.8 Å². The Morgan fingerprint density at radius 2 is 1.73 bits per heavy atom. The van der Waals surface area contributed by atoms with E-state index in [0.717, 1.165) is 6.07 Å². The summed E-state index contributed by atoms with van der Waals surface area (Å²) in [6, 6.07) is 8.15. The lowest BCUT2D eigenvalue weighted by atomic mass is 9.93. The average molecular weight is 361 g/mol. The molecule has 0 atom stereocenters. The quantitative estimate of drug-likeness (QED) is 0.599. The summed E-state index contributed by atoms with van der Waals surface area (Å²) in [7, 11) is 0. The summed E-state index contributed by atoms with van der Waals surface area (Å²) < 4.78 is 52.2. The Kier molecular flexibility index (Phi) is 4.22. The van der Waals surface area contributed by atoms with E-state index in [1.165, 1.54) is 24.3 Å². The zero-order valence-electron chi connectivity index (χ0n) is 14.1. The summed E-state index contributed by atoms with van der Waals surface area (Å²) in [6.07, 6.45) is -4.51. The predicted molar refractivity (Wildman–Crippen MR) is 94.5 cm³/mol. The average Bonchev–Trinajstić information content (AvgIpc) is 2.55. The Morgan fingerprint density at radius 3 is 2.38 bits per heavy atom. The smallest absolute Gasteiger partial charge is 0.354 e. The number of aryl methyl sites for hydroxylation is 2. The molecule has 0 bridgehead atoms. The minimum atomic E-state index is -4.51. The van der Waals surface area contributed by atoms with Gasteiger partial charge >= 0.3 is 6.18 Å². The van der Waals surface area contributed by atoms with Crippen molar-refractivity contribution in [3.05, 3.63) is 75.7 Å². The highest BCUT2D eigenvalue weighted by atomic mass is 19.4. The topological polar surface area (TPSA) is 32.9 Å². The molecule has 0 unspecified atom stereocenters. The zero-order valence-corrected chi connectivity index (χ0v) is 14.1. The third-order valence-electron chi connectivity index (χ3n) is 4.32. The Labute approximate surface area is 146 Å². The van der Waals surface area contributed by atoms with Crippen LogP contribution >= 0.6 is 0 Å². The molecule has 0 saturated carbocycles. The molecule has 0 aliphatic heterocycles. The highest BCUT2D eigenvalue weighted by molar-refractivity contribution is 5.83. The number of hydrogen-bond donors (Lipinski definition) is 1. The van der Waals surface area contributed by atoms with E-state index in [0.29, 0.717) is 27.9 Å². The van der Waals surface area contributed by atoms with Crippen LogP contribution in [0.4, 0.5) is 17.6 Å². The predicted octanol–water partition coefficient (Wildman–Crippen LogP) is 5.53. The molecule has 1 heterocycles. The molecule has 0 saturated heterocycles. The first-order chi connectivity index (χ1) is 12.1. The third-order valence-corrected chi connectivity index (χ3v) is 4.32. The standard InChI is InChI=1S/C20H15F4NO/c1-10-7-15(11(2)6-14(10)12(3)20(22,23)24)18-9-19(26)16-8-13(21)4-5-17(16)25-18/h4-9H,3H2,1-2H3,(H,25,26). The maximum atomic E-state index is 13.3. The van der Waals surface area contributed by atoms with Crippen LogP contribution in [-0.4, -0.2) is 11.2 Å². The van der Waals surface area contributed by atoms with Gasteiger partial charge in [-0.3, -0.25) is 4.79 Å². The van der Waals surface area contributed by atoms with Crippen molar-refractivity contribution in [2.75, 3.05) is 0 Å². The molecule has 2 nitrogen and oxygen atoms in total. The van der Waals surface area contributed by atoms with Gasteiger partial charge < -0.3 is 4.98 Å². The van der Waals surface area contributed by atoms with Crippen LogP contribution in [0.2, 0.25) is 0 Å². The number of alkyl halides is 3. The van der Waals surface area contributed by atoms with Crippen LogP contribution < -0.4 is 5.43 Å². The number of allylic oxidation sites excluding steroid dienone is 1. The molecular weight excluding hydrogens is 346 g/mol. The minimum Gasteiger partial charge on any atom is -0.354 e. The van der Waals surface area contributed by atoms with Gasteiger partial charge in [-0.15, -0.1) is 0 Å². The van der Waals surface area contributed by atoms with Crippen LogP contribution in [0.1, 0.15) is 16.7 Å². The second-order valence-corrected chi connectivity index (χ2v) is 6.20. The van der Waals surface area contributed by atoms with Gasteiger partial charge in [0.1, 0.15) is 5.82 Å². The van der Waals surface area contributed by atoms with Crippen molar-refractivity contribution >= 4 is 16.5 Å². The third kappa shape index (κ3) is 3.14. The van der Waals surface area contributed by atoms with Gasteiger partial charge in [0.25, 0.3) is 0 Å². The first kappa shape index (κ1) is 17.9. The summed E-state index contributed by atoms with van der Waals surface area (Å²) in [5.74, 6) is -0.516. The van der Waals surface area contributed by atoms with Crippen LogP contribution in [0, 0.1) is 19.7 Å². The highest BCUT2D eigenvalue weighted by Gasteiger charge is 2.33. The largest absolute Gasteiger partial charge is 0.416 e. The van der Waals surface area contributed by atoms with E-state index in [1.54, 1.807) is 19.9 Å². The molecule has 0 spiro atoms. The van der Waals surface area contributed by atoms with Crippen LogP contribution in [0.3, 0.4) is 0 Å². The van der Waals surface area contributed by atoms with Crippen molar-refractivity contribution in [3.8, 4) is 11.3 Å². The summed E-state index contributed by atoms with van der Waals surface area (Å²) in [4.78, 5) is 15.3. The number of H-pyrrole nitrogens is 1. The van der Waals surface area contributed by atoms with E-state index in [2.05, 4.69) is 11.6 Å². The summed E-state index contributed by atoms with van der Waals surface area (Å²) in [6.45, 7) is 6.37. The molecule has 0 amide bonds.